The number of likely N-dealkylation sites (tertiary alicyclic amines) is 1. The standard InChI is InChI=1S/C32H34N6O6/c1-2-43-22-13-11-21(12-14-22)36-17-5-10-25-26(29(36)40)27-30(41)37(18-7-19-39)28-31(42)35(16-6-15-32(27,28)44-25)20-38-24-9-4-3-8-23(24)33-34-38/h3-6,8-15,25-28,39H,2,7,16-20H2,1H3/t25-,26+,27+,28?,32+/m1/s1. The van der Waals surface area contributed by atoms with Crippen molar-refractivity contribution >= 4 is 34.4 Å². The molecule has 12 heteroatoms. The number of carbonyl (C=O) groups is 3. The number of rotatable bonds is 8. The van der Waals surface area contributed by atoms with Gasteiger partial charge in [0.2, 0.25) is 11.8 Å². The van der Waals surface area contributed by atoms with E-state index in [4.69, 9.17) is 9.47 Å². The van der Waals surface area contributed by atoms with Crippen LogP contribution in [0, 0.1) is 11.8 Å². The van der Waals surface area contributed by atoms with E-state index >= 15 is 0 Å². The molecule has 0 saturated carbocycles. The monoisotopic (exact) mass is 598 g/mol. The van der Waals surface area contributed by atoms with Crippen molar-refractivity contribution < 1.29 is 29.0 Å². The number of hydrogen-bond donors (Lipinski definition) is 1. The zero-order valence-corrected chi connectivity index (χ0v) is 24.4. The SMILES string of the molecule is CCOc1ccc(N2CC=C[C@H]3O[C@]45C=CCN(Cn6nnc7ccccc76)C(=O)C4N(CCCO)C(=O)[C@@H]5[C@H]3C2=O)cc1. The Balaban J connectivity index is 1.24. The Hall–Kier alpha value is -4.55. The Labute approximate surface area is 254 Å². The lowest BCUT2D eigenvalue weighted by molar-refractivity contribution is -0.148. The lowest BCUT2D eigenvalue weighted by Gasteiger charge is -2.35. The molecule has 5 atom stereocenters. The third kappa shape index (κ3) is 4.39. The third-order valence-corrected chi connectivity index (χ3v) is 8.98. The smallest absolute Gasteiger partial charge is 0.250 e. The van der Waals surface area contributed by atoms with E-state index in [1.807, 2.05) is 79.8 Å². The van der Waals surface area contributed by atoms with Gasteiger partial charge >= 0.3 is 0 Å². The van der Waals surface area contributed by atoms with Crippen LogP contribution in [0.1, 0.15) is 13.3 Å². The van der Waals surface area contributed by atoms with Crippen LogP contribution < -0.4 is 9.64 Å². The van der Waals surface area contributed by atoms with Crippen molar-refractivity contribution in [2.45, 2.75) is 37.8 Å². The lowest BCUT2D eigenvalue weighted by atomic mass is 9.77. The number of benzene rings is 2. The number of aromatic nitrogens is 3. The van der Waals surface area contributed by atoms with Gasteiger partial charge in [0.05, 0.1) is 30.1 Å². The Morgan fingerprint density at radius 2 is 1.84 bits per heavy atom. The van der Waals surface area contributed by atoms with Crippen molar-refractivity contribution in [1.29, 1.82) is 0 Å². The molecule has 1 spiro atoms. The molecule has 3 aromatic rings. The molecule has 0 aliphatic carbocycles. The van der Waals surface area contributed by atoms with Crippen LogP contribution in [0.4, 0.5) is 5.69 Å². The van der Waals surface area contributed by atoms with E-state index in [0.717, 1.165) is 5.52 Å². The highest BCUT2D eigenvalue weighted by Crippen LogP contribution is 2.53. The summed E-state index contributed by atoms with van der Waals surface area (Å²) in [5.41, 5.74) is 0.830. The zero-order chi connectivity index (χ0) is 30.4. The van der Waals surface area contributed by atoms with Crippen LogP contribution in [0.15, 0.2) is 72.8 Å². The molecule has 0 radical (unpaired) electrons. The van der Waals surface area contributed by atoms with Gasteiger partial charge in [-0.05, 0) is 49.7 Å². The van der Waals surface area contributed by atoms with E-state index in [0.29, 0.717) is 30.1 Å². The highest BCUT2D eigenvalue weighted by Gasteiger charge is 2.71. The van der Waals surface area contributed by atoms with E-state index in [1.165, 1.54) is 4.90 Å². The second-order valence-corrected chi connectivity index (χ2v) is 11.4. The fourth-order valence-electron chi connectivity index (χ4n) is 7.10. The average molecular weight is 599 g/mol. The van der Waals surface area contributed by atoms with Crippen LogP contribution in [-0.4, -0.2) is 98.2 Å². The molecule has 44 heavy (non-hydrogen) atoms. The van der Waals surface area contributed by atoms with Crippen LogP contribution in [-0.2, 0) is 25.8 Å². The van der Waals surface area contributed by atoms with E-state index < -0.39 is 29.6 Å². The van der Waals surface area contributed by atoms with Gasteiger partial charge in [0.1, 0.15) is 29.6 Å². The molecule has 3 amide bonds. The van der Waals surface area contributed by atoms with Gasteiger partial charge in [-0.1, -0.05) is 41.7 Å². The minimum Gasteiger partial charge on any atom is -0.494 e. The molecule has 228 valence electrons. The molecule has 1 unspecified atom stereocenters. The number of aliphatic hydroxyl groups excluding tert-OH is 1. The summed E-state index contributed by atoms with van der Waals surface area (Å²) in [5.74, 6) is -1.91. The predicted octanol–water partition coefficient (Wildman–Crippen LogP) is 1.75. The maximum Gasteiger partial charge on any atom is 0.250 e. The van der Waals surface area contributed by atoms with Gasteiger partial charge in [0, 0.05) is 31.9 Å². The van der Waals surface area contributed by atoms with Gasteiger partial charge in [0.15, 0.2) is 0 Å². The minimum absolute atomic E-state index is 0.125. The largest absolute Gasteiger partial charge is 0.494 e. The number of ether oxygens (including phenoxy) is 2. The van der Waals surface area contributed by atoms with Crippen molar-refractivity contribution in [2.24, 2.45) is 11.8 Å². The molecule has 2 aromatic carbocycles. The molecule has 1 aromatic heterocycles. The number of aliphatic hydroxyl groups is 1. The van der Waals surface area contributed by atoms with Crippen molar-refractivity contribution in [3.63, 3.8) is 0 Å². The first-order valence-corrected chi connectivity index (χ1v) is 15.0. The van der Waals surface area contributed by atoms with Gasteiger partial charge in [-0.15, -0.1) is 5.10 Å². The van der Waals surface area contributed by atoms with Gasteiger partial charge in [0.25, 0.3) is 5.91 Å². The molecule has 4 aliphatic heterocycles. The van der Waals surface area contributed by atoms with Crippen molar-refractivity contribution in [1.82, 2.24) is 24.8 Å². The Kier molecular flexibility index (Phi) is 7.17. The second-order valence-electron chi connectivity index (χ2n) is 11.4. The first-order valence-electron chi connectivity index (χ1n) is 15.0. The van der Waals surface area contributed by atoms with Crippen molar-refractivity contribution in [3.8, 4) is 5.75 Å². The summed E-state index contributed by atoms with van der Waals surface area (Å²) in [6.45, 7) is 3.17. The zero-order valence-electron chi connectivity index (χ0n) is 24.4. The Morgan fingerprint density at radius 3 is 2.64 bits per heavy atom. The molecule has 2 saturated heterocycles. The van der Waals surface area contributed by atoms with Crippen LogP contribution in [0.2, 0.25) is 0 Å². The summed E-state index contributed by atoms with van der Waals surface area (Å²) in [4.78, 5) is 47.8. The summed E-state index contributed by atoms with van der Waals surface area (Å²) in [7, 11) is 0. The molecule has 0 bridgehead atoms. The molecule has 12 nitrogen and oxygen atoms in total. The van der Waals surface area contributed by atoms with Crippen LogP contribution in [0.3, 0.4) is 0 Å². The van der Waals surface area contributed by atoms with Gasteiger partial charge in [-0.2, -0.15) is 0 Å². The van der Waals surface area contributed by atoms with Crippen molar-refractivity contribution in [3.05, 3.63) is 72.8 Å². The Morgan fingerprint density at radius 1 is 1.02 bits per heavy atom. The maximum absolute atomic E-state index is 14.4. The number of amides is 3. The van der Waals surface area contributed by atoms with E-state index in [1.54, 1.807) is 14.5 Å². The topological polar surface area (TPSA) is 130 Å². The molecule has 4 aliphatic rings. The van der Waals surface area contributed by atoms with Gasteiger partial charge in [-0.25, -0.2) is 4.68 Å². The molecule has 5 heterocycles. The highest BCUT2D eigenvalue weighted by atomic mass is 16.5. The van der Waals surface area contributed by atoms with Crippen LogP contribution >= 0.6 is 0 Å². The summed E-state index contributed by atoms with van der Waals surface area (Å²) in [5, 5.41) is 18.1. The second kappa shape index (κ2) is 11.2. The number of nitrogens with zero attached hydrogens (tertiary/aromatic N) is 6. The van der Waals surface area contributed by atoms with Crippen molar-refractivity contribution in [2.75, 3.05) is 37.7 Å². The van der Waals surface area contributed by atoms with E-state index in [9.17, 15) is 19.5 Å². The lowest BCUT2D eigenvalue weighted by Crippen LogP contribution is -2.55. The van der Waals surface area contributed by atoms with Gasteiger partial charge < -0.3 is 29.3 Å². The normalized spacial score (nSPS) is 27.9. The minimum atomic E-state index is -1.35. The molecular weight excluding hydrogens is 564 g/mol. The molecular formula is C32H34N6O6. The number of fused-ring (bicyclic) bond motifs is 3. The van der Waals surface area contributed by atoms with E-state index in [-0.39, 0.29) is 50.5 Å². The fraction of sp³-hybridized carbons (Fsp3) is 0.406. The third-order valence-electron chi connectivity index (χ3n) is 8.98. The van der Waals surface area contributed by atoms with Crippen LogP contribution in [0.5, 0.6) is 5.75 Å². The predicted molar refractivity (Wildman–Crippen MR) is 159 cm³/mol. The fourth-order valence-corrected chi connectivity index (χ4v) is 7.10. The Bertz CT molecular complexity index is 1650. The molecule has 7 rings (SSSR count). The average Bonchev–Trinajstić information content (AvgIpc) is 3.58. The first-order chi connectivity index (χ1) is 21.5. The summed E-state index contributed by atoms with van der Waals surface area (Å²) in [6, 6.07) is 13.8. The van der Waals surface area contributed by atoms with E-state index in [2.05, 4.69) is 10.3 Å². The maximum atomic E-state index is 14.4. The van der Waals surface area contributed by atoms with Crippen LogP contribution in [0.25, 0.3) is 11.0 Å². The summed E-state index contributed by atoms with van der Waals surface area (Å²) < 4.78 is 13.9. The number of anilines is 1. The molecule has 2 fully saturated rings. The summed E-state index contributed by atoms with van der Waals surface area (Å²) >= 11 is 0. The highest BCUT2D eigenvalue weighted by molar-refractivity contribution is 6.03. The summed E-state index contributed by atoms with van der Waals surface area (Å²) in [6.07, 6.45) is 6.98. The first kappa shape index (κ1) is 28.2. The quantitative estimate of drug-likeness (QED) is 0.389. The number of para-hydroxylation sites is 1. The van der Waals surface area contributed by atoms with Gasteiger partial charge in [-0.3, -0.25) is 14.4 Å². The number of hydrogen-bond acceptors (Lipinski definition) is 8. The number of carbonyl (C=O) groups excluding carboxylic acids is 3. The molecule has 1 N–H and O–H groups in total.